The van der Waals surface area contributed by atoms with Gasteiger partial charge in [0.1, 0.15) is 11.6 Å². The Morgan fingerprint density at radius 3 is 2.35 bits per heavy atom. The number of rotatable bonds is 5. The van der Waals surface area contributed by atoms with Gasteiger partial charge in [0, 0.05) is 5.39 Å². The van der Waals surface area contributed by atoms with Crippen LogP contribution in [0.5, 0.6) is 5.75 Å². The first-order chi connectivity index (χ1) is 14.9. The number of hydrogen-bond donors (Lipinski definition) is 3. The molecule has 0 spiro atoms. The van der Waals surface area contributed by atoms with Crippen molar-refractivity contribution in [2.45, 2.75) is 6.42 Å². The van der Waals surface area contributed by atoms with Crippen molar-refractivity contribution in [1.29, 1.82) is 0 Å². The summed E-state index contributed by atoms with van der Waals surface area (Å²) in [6.07, 6.45) is 0.00408. The minimum absolute atomic E-state index is 0.00408. The number of carbonyl (C=O) groups is 2. The molecule has 0 saturated heterocycles. The molecule has 0 radical (unpaired) electrons. The molecule has 0 aliphatic heterocycles. The van der Waals surface area contributed by atoms with E-state index in [1.54, 1.807) is 48.5 Å². The van der Waals surface area contributed by atoms with Crippen molar-refractivity contribution < 1.29 is 24.2 Å². The first kappa shape index (κ1) is 20.1. The third-order valence-electron chi connectivity index (χ3n) is 4.99. The van der Waals surface area contributed by atoms with E-state index in [9.17, 15) is 24.2 Å². The van der Waals surface area contributed by atoms with Crippen LogP contribution in [0.2, 0.25) is 0 Å². The van der Waals surface area contributed by atoms with Crippen LogP contribution in [0.4, 0.5) is 10.1 Å². The third-order valence-corrected chi connectivity index (χ3v) is 4.99. The zero-order valence-corrected chi connectivity index (χ0v) is 16.3. The SMILES string of the molecule is O=C(Cc1ccc2cccc(O)c2c1)Nc1cc(-c2ccc(F)cc2)ccc1C(=O)O. The molecule has 4 rings (SSSR count). The molecule has 0 fully saturated rings. The smallest absolute Gasteiger partial charge is 0.337 e. The highest BCUT2D eigenvalue weighted by molar-refractivity contribution is 6.02. The zero-order chi connectivity index (χ0) is 22.0. The molecular formula is C25H18FNO4. The number of hydrogen-bond acceptors (Lipinski definition) is 3. The number of halogens is 1. The summed E-state index contributed by atoms with van der Waals surface area (Å²) in [5, 5.41) is 23.7. The summed E-state index contributed by atoms with van der Waals surface area (Å²) in [7, 11) is 0. The third kappa shape index (κ3) is 4.38. The number of benzene rings is 4. The molecule has 0 saturated carbocycles. The molecule has 1 amide bonds. The first-order valence-electron chi connectivity index (χ1n) is 9.54. The Morgan fingerprint density at radius 2 is 1.61 bits per heavy atom. The Balaban J connectivity index is 1.60. The van der Waals surface area contributed by atoms with Crippen LogP contribution in [-0.2, 0) is 11.2 Å². The number of fused-ring (bicyclic) bond motifs is 1. The van der Waals surface area contributed by atoms with Crippen molar-refractivity contribution in [1.82, 2.24) is 0 Å². The summed E-state index contributed by atoms with van der Waals surface area (Å²) < 4.78 is 13.2. The Hall–Kier alpha value is -4.19. The largest absolute Gasteiger partial charge is 0.507 e. The van der Waals surface area contributed by atoms with Crippen LogP contribution in [0.1, 0.15) is 15.9 Å². The average molecular weight is 415 g/mol. The van der Waals surface area contributed by atoms with Gasteiger partial charge < -0.3 is 15.5 Å². The summed E-state index contributed by atoms with van der Waals surface area (Å²) in [6.45, 7) is 0. The van der Waals surface area contributed by atoms with E-state index in [2.05, 4.69) is 5.32 Å². The highest BCUT2D eigenvalue weighted by Gasteiger charge is 2.15. The van der Waals surface area contributed by atoms with Gasteiger partial charge in [0.2, 0.25) is 5.91 Å². The van der Waals surface area contributed by atoms with Gasteiger partial charge in [-0.1, -0.05) is 42.5 Å². The number of carboxylic acid groups (broad SMARTS) is 1. The lowest BCUT2D eigenvalue weighted by Gasteiger charge is -2.12. The number of aromatic carboxylic acids is 1. The Bertz CT molecular complexity index is 1300. The molecule has 0 atom stereocenters. The van der Waals surface area contributed by atoms with E-state index in [0.29, 0.717) is 22.1 Å². The monoisotopic (exact) mass is 415 g/mol. The number of nitrogens with one attached hydrogen (secondary N) is 1. The van der Waals surface area contributed by atoms with Crippen LogP contribution < -0.4 is 5.32 Å². The fourth-order valence-corrected chi connectivity index (χ4v) is 3.45. The van der Waals surface area contributed by atoms with Crippen LogP contribution in [0.3, 0.4) is 0 Å². The van der Waals surface area contributed by atoms with Gasteiger partial charge in [-0.25, -0.2) is 9.18 Å². The van der Waals surface area contributed by atoms with Gasteiger partial charge in [-0.2, -0.15) is 0 Å². The predicted molar refractivity (Wildman–Crippen MR) is 117 cm³/mol. The van der Waals surface area contributed by atoms with Crippen LogP contribution in [0, 0.1) is 5.82 Å². The molecule has 0 bridgehead atoms. The fraction of sp³-hybridized carbons (Fsp3) is 0.0400. The lowest BCUT2D eigenvalue weighted by atomic mass is 10.0. The van der Waals surface area contributed by atoms with Gasteiger partial charge in [0.05, 0.1) is 17.7 Å². The number of anilines is 1. The topological polar surface area (TPSA) is 86.6 Å². The first-order valence-corrected chi connectivity index (χ1v) is 9.54. The maximum Gasteiger partial charge on any atom is 0.337 e. The number of phenols is 1. The van der Waals surface area contributed by atoms with Crippen LogP contribution >= 0.6 is 0 Å². The number of phenolic OH excluding ortho intramolecular Hbond substituents is 1. The molecule has 6 heteroatoms. The molecule has 0 aliphatic rings. The second-order valence-electron chi connectivity index (χ2n) is 7.13. The lowest BCUT2D eigenvalue weighted by molar-refractivity contribution is -0.115. The number of carboxylic acids is 1. The average Bonchev–Trinajstić information content (AvgIpc) is 2.74. The van der Waals surface area contributed by atoms with Crippen LogP contribution in [0.25, 0.3) is 21.9 Å². The van der Waals surface area contributed by atoms with Crippen molar-refractivity contribution in [3.8, 4) is 16.9 Å². The number of carbonyl (C=O) groups excluding carboxylic acids is 1. The van der Waals surface area contributed by atoms with E-state index in [4.69, 9.17) is 0 Å². The Labute approximate surface area is 177 Å². The van der Waals surface area contributed by atoms with Crippen molar-refractivity contribution in [3.63, 3.8) is 0 Å². The standard InChI is InChI=1S/C25H18FNO4/c26-19-9-6-16(7-10-19)18-8-11-20(25(30)31)22(14-18)27-24(29)13-15-4-5-17-2-1-3-23(28)21(17)12-15/h1-12,14,28H,13H2,(H,27,29)(H,30,31). The molecule has 0 heterocycles. The van der Waals surface area contributed by atoms with Gasteiger partial charge >= 0.3 is 5.97 Å². The molecule has 4 aromatic carbocycles. The summed E-state index contributed by atoms with van der Waals surface area (Å²) in [6, 6.07) is 20.9. The molecule has 0 unspecified atom stereocenters. The van der Waals surface area contributed by atoms with E-state index < -0.39 is 11.9 Å². The van der Waals surface area contributed by atoms with Gasteiger partial charge in [-0.15, -0.1) is 0 Å². The van der Waals surface area contributed by atoms with Gasteiger partial charge in [-0.3, -0.25) is 4.79 Å². The predicted octanol–water partition coefficient (Wildman–Crippen LogP) is 5.23. The van der Waals surface area contributed by atoms with Crippen molar-refractivity contribution in [3.05, 3.63) is 95.8 Å². The van der Waals surface area contributed by atoms with E-state index in [-0.39, 0.29) is 29.2 Å². The van der Waals surface area contributed by atoms with E-state index in [0.717, 1.165) is 5.39 Å². The van der Waals surface area contributed by atoms with Crippen molar-refractivity contribution >= 4 is 28.3 Å². The summed E-state index contributed by atoms with van der Waals surface area (Å²) in [5.74, 6) is -1.81. The number of amides is 1. The highest BCUT2D eigenvalue weighted by Crippen LogP contribution is 2.28. The molecule has 3 N–H and O–H groups in total. The molecule has 0 aromatic heterocycles. The normalized spacial score (nSPS) is 10.7. The van der Waals surface area contributed by atoms with E-state index >= 15 is 0 Å². The quantitative estimate of drug-likeness (QED) is 0.417. The van der Waals surface area contributed by atoms with Crippen LogP contribution in [-0.4, -0.2) is 22.1 Å². The molecule has 31 heavy (non-hydrogen) atoms. The van der Waals surface area contributed by atoms with E-state index in [1.165, 1.54) is 18.2 Å². The second-order valence-corrected chi connectivity index (χ2v) is 7.13. The molecular weight excluding hydrogens is 397 g/mol. The maximum absolute atomic E-state index is 13.2. The Morgan fingerprint density at radius 1 is 0.871 bits per heavy atom. The summed E-state index contributed by atoms with van der Waals surface area (Å²) in [4.78, 5) is 24.3. The number of aromatic hydroxyl groups is 1. The minimum atomic E-state index is -1.17. The maximum atomic E-state index is 13.2. The van der Waals surface area contributed by atoms with Gasteiger partial charge in [0.25, 0.3) is 0 Å². The second kappa shape index (κ2) is 8.28. The van der Waals surface area contributed by atoms with Crippen LogP contribution in [0.15, 0.2) is 78.9 Å². The molecule has 0 aliphatic carbocycles. The summed E-state index contributed by atoms with van der Waals surface area (Å²) in [5.41, 5.74) is 2.13. The molecule has 154 valence electrons. The van der Waals surface area contributed by atoms with E-state index in [1.807, 2.05) is 12.1 Å². The molecule has 5 nitrogen and oxygen atoms in total. The Kier molecular flexibility index (Phi) is 5.37. The van der Waals surface area contributed by atoms with Crippen molar-refractivity contribution in [2.75, 3.05) is 5.32 Å². The van der Waals surface area contributed by atoms with Gasteiger partial charge in [-0.05, 0) is 58.5 Å². The lowest BCUT2D eigenvalue weighted by Crippen LogP contribution is -2.17. The zero-order valence-electron chi connectivity index (χ0n) is 16.3. The fourth-order valence-electron chi connectivity index (χ4n) is 3.45. The highest BCUT2D eigenvalue weighted by atomic mass is 19.1. The van der Waals surface area contributed by atoms with Gasteiger partial charge in [0.15, 0.2) is 0 Å². The summed E-state index contributed by atoms with van der Waals surface area (Å²) >= 11 is 0. The van der Waals surface area contributed by atoms with Crippen molar-refractivity contribution in [2.24, 2.45) is 0 Å². The molecule has 4 aromatic rings. The minimum Gasteiger partial charge on any atom is -0.507 e.